The molecule has 0 aliphatic rings. The van der Waals surface area contributed by atoms with Crippen molar-refractivity contribution < 1.29 is 4.79 Å². The first kappa shape index (κ1) is 15.8. The summed E-state index contributed by atoms with van der Waals surface area (Å²) in [5.41, 5.74) is 1.60. The van der Waals surface area contributed by atoms with Gasteiger partial charge in [0.05, 0.1) is 25.9 Å². The minimum absolute atomic E-state index is 0.0296. The second-order valence-corrected chi connectivity index (χ2v) is 6.78. The normalized spacial score (nSPS) is 12.1. The second-order valence-electron chi connectivity index (χ2n) is 5.26. The predicted molar refractivity (Wildman–Crippen MR) is 96.4 cm³/mol. The van der Waals surface area contributed by atoms with Crippen molar-refractivity contribution in [2.75, 3.05) is 5.32 Å². The molecule has 118 valence electrons. The van der Waals surface area contributed by atoms with Crippen LogP contribution in [0.5, 0.6) is 0 Å². The lowest BCUT2D eigenvalue weighted by atomic mass is 10.2. The molecule has 1 heterocycles. The smallest absolute Gasteiger partial charge is 0.319 e. The van der Waals surface area contributed by atoms with Gasteiger partial charge in [-0.25, -0.2) is 9.78 Å². The van der Waals surface area contributed by atoms with Crippen LogP contribution in [0.4, 0.5) is 10.5 Å². The van der Waals surface area contributed by atoms with Gasteiger partial charge >= 0.3 is 6.03 Å². The van der Waals surface area contributed by atoms with E-state index in [0.717, 1.165) is 15.2 Å². The highest BCUT2D eigenvalue weighted by Gasteiger charge is 2.12. The summed E-state index contributed by atoms with van der Waals surface area (Å²) in [5.74, 6) is 0. The first-order chi connectivity index (χ1) is 11.1. The van der Waals surface area contributed by atoms with E-state index in [1.54, 1.807) is 23.5 Å². The topological polar surface area (TPSA) is 54.0 Å². The van der Waals surface area contributed by atoms with Crippen LogP contribution in [0.3, 0.4) is 0 Å². The molecule has 0 spiro atoms. The number of carbonyl (C=O) groups excluding carboxylic acids is 1. The van der Waals surface area contributed by atoms with Crippen LogP contribution in [0.1, 0.15) is 11.9 Å². The fourth-order valence-corrected chi connectivity index (χ4v) is 3.54. The maximum absolute atomic E-state index is 12.0. The molecule has 0 bridgehead atoms. The molecule has 0 aliphatic heterocycles. The number of halogens is 1. The molecule has 3 rings (SSSR count). The second kappa shape index (κ2) is 6.98. The third-order valence-corrected chi connectivity index (χ3v) is 4.71. The van der Waals surface area contributed by atoms with Gasteiger partial charge in [-0.05, 0) is 31.2 Å². The SMILES string of the molecule is C[C@H](Cc1nc2ccccc2s1)NC(=O)Nc1ccccc1Cl. The number of thiazole rings is 1. The molecule has 2 aromatic carbocycles. The van der Waals surface area contributed by atoms with E-state index in [2.05, 4.69) is 21.7 Å². The minimum atomic E-state index is -0.272. The summed E-state index contributed by atoms with van der Waals surface area (Å²) in [6, 6.07) is 14.9. The van der Waals surface area contributed by atoms with Gasteiger partial charge < -0.3 is 10.6 Å². The van der Waals surface area contributed by atoms with Crippen LogP contribution >= 0.6 is 22.9 Å². The number of hydrogen-bond donors (Lipinski definition) is 2. The Balaban J connectivity index is 1.59. The van der Waals surface area contributed by atoms with Crippen molar-refractivity contribution in [1.82, 2.24) is 10.3 Å². The number of nitrogens with zero attached hydrogens (tertiary/aromatic N) is 1. The average molecular weight is 346 g/mol. The van der Waals surface area contributed by atoms with Crippen LogP contribution in [0, 0.1) is 0 Å². The van der Waals surface area contributed by atoms with E-state index in [0.29, 0.717) is 17.1 Å². The van der Waals surface area contributed by atoms with Crippen molar-refractivity contribution in [3.8, 4) is 0 Å². The number of hydrogen-bond acceptors (Lipinski definition) is 3. The molecule has 6 heteroatoms. The molecule has 0 saturated carbocycles. The predicted octanol–water partition coefficient (Wildman–Crippen LogP) is 4.70. The zero-order valence-electron chi connectivity index (χ0n) is 12.5. The first-order valence-corrected chi connectivity index (χ1v) is 8.48. The third-order valence-electron chi connectivity index (χ3n) is 3.32. The maximum atomic E-state index is 12.0. The molecular weight excluding hydrogens is 330 g/mol. The number of benzene rings is 2. The van der Waals surface area contributed by atoms with Crippen LogP contribution in [-0.4, -0.2) is 17.1 Å². The van der Waals surface area contributed by atoms with E-state index in [-0.39, 0.29) is 12.1 Å². The Morgan fingerprint density at radius 3 is 2.74 bits per heavy atom. The summed E-state index contributed by atoms with van der Waals surface area (Å²) < 4.78 is 1.16. The summed E-state index contributed by atoms with van der Waals surface area (Å²) >= 11 is 7.68. The molecular formula is C17H16ClN3OS. The summed E-state index contributed by atoms with van der Waals surface area (Å²) in [5, 5.41) is 7.19. The molecule has 23 heavy (non-hydrogen) atoms. The van der Waals surface area contributed by atoms with Gasteiger partial charge in [-0.1, -0.05) is 35.9 Å². The van der Waals surface area contributed by atoms with Crippen LogP contribution < -0.4 is 10.6 Å². The standard InChI is InChI=1S/C17H16ClN3OS/c1-11(10-16-20-14-8-4-5-9-15(14)23-16)19-17(22)21-13-7-3-2-6-12(13)18/h2-9,11H,10H2,1H3,(H2,19,21,22)/t11-/m1/s1. The van der Waals surface area contributed by atoms with E-state index in [9.17, 15) is 4.79 Å². The summed E-state index contributed by atoms with van der Waals surface area (Å²) in [6.45, 7) is 1.96. The highest BCUT2D eigenvalue weighted by atomic mass is 35.5. The van der Waals surface area contributed by atoms with Crippen LogP contribution in [0.25, 0.3) is 10.2 Å². The molecule has 0 saturated heterocycles. The zero-order valence-corrected chi connectivity index (χ0v) is 14.1. The number of urea groups is 1. The lowest BCUT2D eigenvalue weighted by Gasteiger charge is -2.14. The maximum Gasteiger partial charge on any atom is 0.319 e. The Labute approximate surface area is 143 Å². The van der Waals surface area contributed by atoms with E-state index in [4.69, 9.17) is 11.6 Å². The molecule has 0 fully saturated rings. The average Bonchev–Trinajstić information content (AvgIpc) is 2.91. The van der Waals surface area contributed by atoms with E-state index in [1.807, 2.05) is 37.3 Å². The molecule has 1 atom stereocenters. The number of amides is 2. The number of fused-ring (bicyclic) bond motifs is 1. The van der Waals surface area contributed by atoms with E-state index in [1.165, 1.54) is 0 Å². The number of anilines is 1. The van der Waals surface area contributed by atoms with Crippen molar-refractivity contribution in [3.05, 3.63) is 58.6 Å². The number of carbonyl (C=O) groups is 1. The highest BCUT2D eigenvalue weighted by Crippen LogP contribution is 2.23. The van der Waals surface area contributed by atoms with Crippen molar-refractivity contribution in [3.63, 3.8) is 0 Å². The summed E-state index contributed by atoms with van der Waals surface area (Å²) in [4.78, 5) is 16.6. The van der Waals surface area contributed by atoms with Gasteiger partial charge in [0.1, 0.15) is 0 Å². The molecule has 3 aromatic rings. The van der Waals surface area contributed by atoms with Crippen LogP contribution in [0.2, 0.25) is 5.02 Å². The van der Waals surface area contributed by atoms with Crippen molar-refractivity contribution >= 4 is 44.9 Å². The largest absolute Gasteiger partial charge is 0.335 e. The van der Waals surface area contributed by atoms with Gasteiger partial charge in [0.15, 0.2) is 0 Å². The Hall–Kier alpha value is -2.11. The van der Waals surface area contributed by atoms with Gasteiger partial charge in [-0.2, -0.15) is 0 Å². The number of aromatic nitrogens is 1. The summed E-state index contributed by atoms with van der Waals surface area (Å²) in [6.07, 6.45) is 0.690. The Bertz CT molecular complexity index is 800. The molecule has 2 amide bonds. The molecule has 0 unspecified atom stereocenters. The van der Waals surface area contributed by atoms with Gasteiger partial charge in [0.25, 0.3) is 0 Å². The van der Waals surface area contributed by atoms with Crippen molar-refractivity contribution in [2.45, 2.75) is 19.4 Å². The van der Waals surface area contributed by atoms with Gasteiger partial charge in [-0.15, -0.1) is 11.3 Å². The fraction of sp³-hybridized carbons (Fsp3) is 0.176. The lowest BCUT2D eigenvalue weighted by molar-refractivity contribution is 0.249. The van der Waals surface area contributed by atoms with Crippen molar-refractivity contribution in [1.29, 1.82) is 0 Å². The van der Waals surface area contributed by atoms with Gasteiger partial charge in [0, 0.05) is 12.5 Å². The van der Waals surface area contributed by atoms with E-state index < -0.39 is 0 Å². The first-order valence-electron chi connectivity index (χ1n) is 7.28. The lowest BCUT2D eigenvalue weighted by Crippen LogP contribution is -2.37. The van der Waals surface area contributed by atoms with Gasteiger partial charge in [-0.3, -0.25) is 0 Å². The van der Waals surface area contributed by atoms with Crippen molar-refractivity contribution in [2.24, 2.45) is 0 Å². The number of nitrogens with one attached hydrogen (secondary N) is 2. The zero-order chi connectivity index (χ0) is 16.2. The Morgan fingerprint density at radius 1 is 1.22 bits per heavy atom. The minimum Gasteiger partial charge on any atom is -0.335 e. The molecule has 2 N–H and O–H groups in total. The summed E-state index contributed by atoms with van der Waals surface area (Å²) in [7, 11) is 0. The quantitative estimate of drug-likeness (QED) is 0.720. The highest BCUT2D eigenvalue weighted by molar-refractivity contribution is 7.18. The third kappa shape index (κ3) is 4.00. The molecule has 1 aromatic heterocycles. The number of para-hydroxylation sites is 2. The van der Waals surface area contributed by atoms with Gasteiger partial charge in [0.2, 0.25) is 0 Å². The van der Waals surface area contributed by atoms with Crippen LogP contribution in [0.15, 0.2) is 48.5 Å². The molecule has 4 nitrogen and oxygen atoms in total. The van der Waals surface area contributed by atoms with Crippen LogP contribution in [-0.2, 0) is 6.42 Å². The number of rotatable bonds is 4. The Morgan fingerprint density at radius 2 is 1.96 bits per heavy atom. The monoisotopic (exact) mass is 345 g/mol. The fourth-order valence-electron chi connectivity index (χ4n) is 2.26. The van der Waals surface area contributed by atoms with E-state index >= 15 is 0 Å². The Kier molecular flexibility index (Phi) is 4.79. The molecule has 0 radical (unpaired) electrons. The molecule has 0 aliphatic carbocycles.